The van der Waals surface area contributed by atoms with Crippen molar-refractivity contribution in [1.29, 1.82) is 0 Å². The van der Waals surface area contributed by atoms with Crippen molar-refractivity contribution in [2.75, 3.05) is 16.4 Å². The number of nitrogens with zero attached hydrogens (tertiary/aromatic N) is 1. The number of anilines is 2. The van der Waals surface area contributed by atoms with Crippen LogP contribution in [0.2, 0.25) is 0 Å². The molecule has 1 aliphatic heterocycles. The van der Waals surface area contributed by atoms with Gasteiger partial charge in [-0.15, -0.1) is 5.10 Å². The van der Waals surface area contributed by atoms with Crippen LogP contribution in [0, 0.1) is 0 Å². The Morgan fingerprint density at radius 3 is 2.58 bits per heavy atom. The van der Waals surface area contributed by atoms with Crippen molar-refractivity contribution in [2.45, 2.75) is 29.0 Å². The molecule has 0 bridgehead atoms. The smallest absolute Gasteiger partial charge is 0.240 e. The van der Waals surface area contributed by atoms with Crippen LogP contribution in [0.4, 0.5) is 11.4 Å². The first-order valence-electron chi connectivity index (χ1n) is 9.09. The number of hydrazine groups is 1. The van der Waals surface area contributed by atoms with Crippen LogP contribution in [0.5, 0.6) is 0 Å². The highest BCUT2D eigenvalue weighted by Gasteiger charge is 2.30. The summed E-state index contributed by atoms with van der Waals surface area (Å²) in [5.74, 6) is 5.04. The molecule has 3 unspecified atom stereocenters. The lowest BCUT2D eigenvalue weighted by Gasteiger charge is -2.19. The van der Waals surface area contributed by atoms with Gasteiger partial charge in [0, 0.05) is 22.9 Å². The molecule has 31 heavy (non-hydrogen) atoms. The van der Waals surface area contributed by atoms with Crippen LogP contribution in [0.3, 0.4) is 0 Å². The second-order valence-electron chi connectivity index (χ2n) is 6.97. The Morgan fingerprint density at radius 2 is 1.97 bits per heavy atom. The summed E-state index contributed by atoms with van der Waals surface area (Å²) < 4.78 is 38.2. The monoisotopic (exact) mass is 467 g/mol. The summed E-state index contributed by atoms with van der Waals surface area (Å²) in [6, 6.07) is 7.91. The standard InChI is InChI=1S/C17H25N9O3S2/c1-8(18)7-30(27)12-6-5-9(10-3-2-4-11-14(10)24-17(20)23-11)13(16(19)25-26-21)15(12)31(22,28)29/h2-6,8,17,23-24,26H,7,18,20-21H2,1H3,(H2,19,25)(H2,22,28,29). The van der Waals surface area contributed by atoms with Gasteiger partial charge in [-0.1, -0.05) is 18.2 Å². The minimum atomic E-state index is -4.39. The van der Waals surface area contributed by atoms with E-state index in [2.05, 4.69) is 15.7 Å². The highest BCUT2D eigenvalue weighted by Crippen LogP contribution is 2.41. The van der Waals surface area contributed by atoms with E-state index < -0.39 is 38.0 Å². The number of rotatable bonds is 7. The average Bonchev–Trinajstić information content (AvgIpc) is 3.06. The lowest BCUT2D eigenvalue weighted by Crippen LogP contribution is -2.32. The van der Waals surface area contributed by atoms with E-state index in [1.54, 1.807) is 25.1 Å². The van der Waals surface area contributed by atoms with Crippen LogP contribution in [-0.4, -0.2) is 36.5 Å². The van der Waals surface area contributed by atoms with Gasteiger partial charge in [0.05, 0.1) is 27.1 Å². The highest BCUT2D eigenvalue weighted by atomic mass is 32.2. The molecular formula is C17H25N9O3S2. The van der Waals surface area contributed by atoms with Crippen molar-refractivity contribution < 1.29 is 12.6 Å². The molecule has 0 aromatic heterocycles. The fourth-order valence-electron chi connectivity index (χ4n) is 3.37. The molecule has 3 rings (SSSR count). The van der Waals surface area contributed by atoms with E-state index in [4.69, 9.17) is 28.2 Å². The van der Waals surface area contributed by atoms with E-state index in [1.807, 2.05) is 11.6 Å². The Morgan fingerprint density at radius 1 is 1.26 bits per heavy atom. The normalized spacial score (nSPS) is 18.0. The number of para-hydroxylation sites is 1. The number of hydrazone groups is 1. The van der Waals surface area contributed by atoms with Gasteiger partial charge in [-0.25, -0.2) is 24.9 Å². The molecule has 1 heterocycles. The molecule has 2 aromatic rings. The van der Waals surface area contributed by atoms with Crippen LogP contribution < -0.4 is 44.4 Å². The molecule has 1 aliphatic rings. The van der Waals surface area contributed by atoms with Gasteiger partial charge in [0.2, 0.25) is 10.0 Å². The summed E-state index contributed by atoms with van der Waals surface area (Å²) in [5.41, 5.74) is 22.1. The predicted octanol–water partition coefficient (Wildman–Crippen LogP) is -1.38. The maximum Gasteiger partial charge on any atom is 0.240 e. The molecular weight excluding hydrogens is 442 g/mol. The Bertz CT molecular complexity index is 1170. The predicted molar refractivity (Wildman–Crippen MR) is 121 cm³/mol. The van der Waals surface area contributed by atoms with Gasteiger partial charge >= 0.3 is 0 Å². The van der Waals surface area contributed by atoms with Crippen molar-refractivity contribution in [3.8, 4) is 11.1 Å². The van der Waals surface area contributed by atoms with E-state index >= 15 is 0 Å². The summed E-state index contributed by atoms with van der Waals surface area (Å²) in [6.07, 6.45) is -0.535. The molecule has 0 amide bonds. The van der Waals surface area contributed by atoms with Gasteiger partial charge in [-0.2, -0.15) is 0 Å². The zero-order valence-corrected chi connectivity index (χ0v) is 18.3. The minimum absolute atomic E-state index is 0.0224. The van der Waals surface area contributed by atoms with Gasteiger partial charge in [0.15, 0.2) is 12.1 Å². The topological polar surface area (TPSA) is 230 Å². The van der Waals surface area contributed by atoms with Crippen molar-refractivity contribution >= 4 is 38.0 Å². The van der Waals surface area contributed by atoms with E-state index in [-0.39, 0.29) is 22.0 Å². The number of fused-ring (bicyclic) bond motifs is 1. The number of primary sulfonamides is 1. The summed E-state index contributed by atoms with van der Waals surface area (Å²) in [7, 11) is -6.15. The zero-order valence-electron chi connectivity index (χ0n) is 16.6. The maximum atomic E-state index is 12.9. The molecule has 12 nitrogen and oxygen atoms in total. The fourth-order valence-corrected chi connectivity index (χ4v) is 6.03. The number of nitrogens with one attached hydrogen (secondary N) is 3. The number of amidine groups is 1. The molecule has 168 valence electrons. The van der Waals surface area contributed by atoms with Crippen LogP contribution in [0.1, 0.15) is 12.5 Å². The molecule has 0 saturated heterocycles. The number of sulfonamides is 1. The Balaban J connectivity index is 2.39. The summed E-state index contributed by atoms with van der Waals surface area (Å²) in [5, 5.41) is 15.4. The lowest BCUT2D eigenvalue weighted by molar-refractivity contribution is 0.594. The number of benzene rings is 2. The first kappa shape index (κ1) is 22.9. The third-order valence-electron chi connectivity index (χ3n) is 4.47. The van der Waals surface area contributed by atoms with Crippen LogP contribution in [-0.2, 0) is 20.8 Å². The van der Waals surface area contributed by atoms with Crippen molar-refractivity contribution in [2.24, 2.45) is 33.3 Å². The van der Waals surface area contributed by atoms with Crippen molar-refractivity contribution in [3.63, 3.8) is 0 Å². The highest BCUT2D eigenvalue weighted by molar-refractivity contribution is 7.91. The van der Waals surface area contributed by atoms with Crippen LogP contribution >= 0.6 is 0 Å². The van der Waals surface area contributed by atoms with Gasteiger partial charge in [0.1, 0.15) is 4.90 Å². The van der Waals surface area contributed by atoms with Crippen molar-refractivity contribution in [3.05, 3.63) is 35.9 Å². The first-order chi connectivity index (χ1) is 14.5. The van der Waals surface area contributed by atoms with E-state index in [0.29, 0.717) is 22.5 Å². The molecule has 0 spiro atoms. The Labute approximate surface area is 182 Å². The second-order valence-corrected chi connectivity index (χ2v) is 9.93. The van der Waals surface area contributed by atoms with Gasteiger partial charge in [-0.05, 0) is 24.6 Å². The molecule has 0 saturated carbocycles. The number of hydrogen-bond donors (Lipinski definition) is 8. The fraction of sp³-hybridized carbons (Fsp3) is 0.235. The average molecular weight is 468 g/mol. The van der Waals surface area contributed by atoms with E-state index in [9.17, 15) is 12.6 Å². The van der Waals surface area contributed by atoms with E-state index in [0.717, 1.165) is 0 Å². The minimum Gasteiger partial charge on any atom is -0.382 e. The molecule has 13 N–H and O–H groups in total. The molecule has 0 fully saturated rings. The zero-order chi connectivity index (χ0) is 22.9. The molecule has 0 radical (unpaired) electrons. The van der Waals surface area contributed by atoms with Crippen molar-refractivity contribution in [1.82, 2.24) is 5.53 Å². The quantitative estimate of drug-likeness (QED) is 0.103. The van der Waals surface area contributed by atoms with Gasteiger partial charge < -0.3 is 22.1 Å². The largest absolute Gasteiger partial charge is 0.382 e. The summed E-state index contributed by atoms with van der Waals surface area (Å²) in [4.78, 5) is -0.433. The number of nitrogens with two attached hydrogens (primary N) is 5. The Kier molecular flexibility index (Phi) is 6.49. The second kappa shape index (κ2) is 8.78. The Hall–Kier alpha value is -2.75. The van der Waals surface area contributed by atoms with Gasteiger partial charge in [-0.3, -0.25) is 9.94 Å². The first-order valence-corrected chi connectivity index (χ1v) is 12.0. The van der Waals surface area contributed by atoms with Crippen LogP contribution in [0.15, 0.2) is 45.2 Å². The third-order valence-corrected chi connectivity index (χ3v) is 7.25. The van der Waals surface area contributed by atoms with Crippen LogP contribution in [0.25, 0.3) is 11.1 Å². The third kappa shape index (κ3) is 4.63. The van der Waals surface area contributed by atoms with E-state index in [1.165, 1.54) is 6.07 Å². The van der Waals surface area contributed by atoms with Gasteiger partial charge in [0.25, 0.3) is 0 Å². The molecule has 0 aliphatic carbocycles. The lowest BCUT2D eigenvalue weighted by atomic mass is 9.97. The number of hydrogen-bond acceptors (Lipinski definition) is 10. The summed E-state index contributed by atoms with van der Waals surface area (Å²) >= 11 is 0. The molecule has 2 aromatic carbocycles. The molecule has 3 atom stereocenters. The molecule has 14 heteroatoms. The maximum absolute atomic E-state index is 12.9. The SMILES string of the molecule is CC(N)CS(=O)c1ccc(-c2cccc3c2NC(N)N3)c(/C(N)=N/NN)c1S(N)(=O)=O. The summed E-state index contributed by atoms with van der Waals surface area (Å²) in [6.45, 7) is 1.66.